The summed E-state index contributed by atoms with van der Waals surface area (Å²) in [7, 11) is 0. The maximum Gasteiger partial charge on any atom is 0.268 e. The van der Waals surface area contributed by atoms with Crippen molar-refractivity contribution in [3.05, 3.63) is 23.0 Å². The van der Waals surface area contributed by atoms with Gasteiger partial charge in [0, 0.05) is 18.8 Å². The Kier molecular flexibility index (Phi) is 4.37. The van der Waals surface area contributed by atoms with Crippen molar-refractivity contribution in [1.29, 1.82) is 0 Å². The van der Waals surface area contributed by atoms with Gasteiger partial charge in [0.15, 0.2) is 0 Å². The summed E-state index contributed by atoms with van der Waals surface area (Å²) in [4.78, 5) is 14.7. The van der Waals surface area contributed by atoms with Crippen LogP contribution in [0.15, 0.2) is 6.07 Å². The highest BCUT2D eigenvalue weighted by Crippen LogP contribution is 2.08. The summed E-state index contributed by atoms with van der Waals surface area (Å²) in [5.41, 5.74) is 2.68. The minimum absolute atomic E-state index is 0.0292. The highest BCUT2D eigenvalue weighted by atomic mass is 16.1. The lowest BCUT2D eigenvalue weighted by atomic mass is 10.2. The van der Waals surface area contributed by atoms with Gasteiger partial charge in [-0.1, -0.05) is 6.92 Å². The molecule has 4 nitrogen and oxygen atoms in total. The number of nitrogens with one attached hydrogen (secondary N) is 3. The molecule has 1 aromatic rings. The van der Waals surface area contributed by atoms with Crippen LogP contribution in [0, 0.1) is 13.8 Å². The highest BCUT2D eigenvalue weighted by Gasteiger charge is 2.10. The lowest BCUT2D eigenvalue weighted by Crippen LogP contribution is -2.32. The number of hydrogen-bond acceptors (Lipinski definition) is 2. The van der Waals surface area contributed by atoms with Crippen LogP contribution >= 0.6 is 0 Å². The van der Waals surface area contributed by atoms with Crippen molar-refractivity contribution in [2.45, 2.75) is 20.8 Å². The Bertz CT molecular complexity index is 331. The summed E-state index contributed by atoms with van der Waals surface area (Å²) in [6.07, 6.45) is 0. The first-order chi connectivity index (χ1) is 7.15. The van der Waals surface area contributed by atoms with Crippen LogP contribution in [-0.2, 0) is 0 Å². The molecule has 1 rings (SSSR count). The molecule has 0 aliphatic rings. The van der Waals surface area contributed by atoms with Gasteiger partial charge in [-0.05, 0) is 32.0 Å². The van der Waals surface area contributed by atoms with Crippen molar-refractivity contribution in [3.8, 4) is 0 Å². The Morgan fingerprint density at radius 1 is 1.40 bits per heavy atom. The minimum atomic E-state index is -0.0292. The molecular weight excluding hydrogens is 190 g/mol. The Hall–Kier alpha value is -1.29. The van der Waals surface area contributed by atoms with E-state index in [9.17, 15) is 4.79 Å². The predicted octanol–water partition coefficient (Wildman–Crippen LogP) is 0.971. The van der Waals surface area contributed by atoms with Crippen molar-refractivity contribution in [2.24, 2.45) is 0 Å². The summed E-state index contributed by atoms with van der Waals surface area (Å²) in [5.74, 6) is -0.0292. The normalized spacial score (nSPS) is 10.3. The first kappa shape index (κ1) is 11.8. The van der Waals surface area contributed by atoms with Crippen molar-refractivity contribution in [3.63, 3.8) is 0 Å². The zero-order chi connectivity index (χ0) is 11.3. The van der Waals surface area contributed by atoms with Crippen molar-refractivity contribution in [2.75, 3.05) is 19.6 Å². The third-order valence-electron chi connectivity index (χ3n) is 2.21. The molecule has 0 fully saturated rings. The van der Waals surface area contributed by atoms with Crippen LogP contribution in [0.3, 0.4) is 0 Å². The number of likely N-dealkylation sites (N-methyl/N-ethyl adjacent to an activating group) is 1. The van der Waals surface area contributed by atoms with E-state index in [2.05, 4.69) is 15.6 Å². The van der Waals surface area contributed by atoms with Crippen LogP contribution in [0.1, 0.15) is 28.7 Å². The molecule has 1 amide bonds. The van der Waals surface area contributed by atoms with E-state index in [4.69, 9.17) is 0 Å². The van der Waals surface area contributed by atoms with Crippen LogP contribution < -0.4 is 10.6 Å². The maximum absolute atomic E-state index is 11.7. The van der Waals surface area contributed by atoms with Gasteiger partial charge in [-0.15, -0.1) is 0 Å². The largest absolute Gasteiger partial charge is 0.354 e. The zero-order valence-electron chi connectivity index (χ0n) is 9.61. The van der Waals surface area contributed by atoms with Crippen LogP contribution in [0.5, 0.6) is 0 Å². The number of H-pyrrole nitrogens is 1. The van der Waals surface area contributed by atoms with E-state index < -0.39 is 0 Å². The van der Waals surface area contributed by atoms with Gasteiger partial charge >= 0.3 is 0 Å². The molecule has 4 heteroatoms. The molecule has 3 N–H and O–H groups in total. The Morgan fingerprint density at radius 3 is 2.67 bits per heavy atom. The fourth-order valence-corrected chi connectivity index (χ4v) is 1.49. The van der Waals surface area contributed by atoms with Crippen molar-refractivity contribution < 1.29 is 4.79 Å². The van der Waals surface area contributed by atoms with Gasteiger partial charge in [-0.3, -0.25) is 4.79 Å². The molecule has 0 aliphatic heterocycles. The number of aromatic amines is 1. The predicted molar refractivity (Wildman–Crippen MR) is 61.1 cm³/mol. The Labute approximate surface area is 90.5 Å². The smallest absolute Gasteiger partial charge is 0.268 e. The lowest BCUT2D eigenvalue weighted by Gasteiger charge is -2.04. The average Bonchev–Trinajstić information content (AvgIpc) is 2.52. The molecule has 0 spiro atoms. The van der Waals surface area contributed by atoms with E-state index >= 15 is 0 Å². The average molecular weight is 209 g/mol. The lowest BCUT2D eigenvalue weighted by molar-refractivity contribution is 0.0949. The molecule has 0 atom stereocenters. The van der Waals surface area contributed by atoms with E-state index in [-0.39, 0.29) is 5.91 Å². The quantitative estimate of drug-likeness (QED) is 0.633. The third-order valence-corrected chi connectivity index (χ3v) is 2.21. The number of hydrogen-bond donors (Lipinski definition) is 3. The van der Waals surface area contributed by atoms with E-state index in [1.807, 2.05) is 26.8 Å². The molecule has 0 radical (unpaired) electrons. The Balaban J connectivity index is 2.43. The number of aryl methyl sites for hydroxylation is 2. The number of carbonyl (C=O) groups excluding carboxylic acids is 1. The van der Waals surface area contributed by atoms with Gasteiger partial charge in [0.1, 0.15) is 5.69 Å². The first-order valence-electron chi connectivity index (χ1n) is 5.30. The molecular formula is C11H19N3O. The summed E-state index contributed by atoms with van der Waals surface area (Å²) in [6.45, 7) is 8.31. The molecule has 0 aromatic carbocycles. The molecule has 0 saturated carbocycles. The third kappa shape index (κ3) is 3.40. The standard InChI is InChI=1S/C11H19N3O/c1-4-12-5-6-13-11(15)10-8(2)7-9(3)14-10/h7,12,14H,4-6H2,1-3H3,(H,13,15). The van der Waals surface area contributed by atoms with Gasteiger partial charge in [-0.2, -0.15) is 0 Å². The van der Waals surface area contributed by atoms with Crippen LogP contribution in [0.4, 0.5) is 0 Å². The molecule has 84 valence electrons. The minimum Gasteiger partial charge on any atom is -0.354 e. The maximum atomic E-state index is 11.7. The van der Waals surface area contributed by atoms with Crippen molar-refractivity contribution >= 4 is 5.91 Å². The SMILES string of the molecule is CCNCCNC(=O)c1[nH]c(C)cc1C. The second kappa shape index (κ2) is 5.56. The number of rotatable bonds is 5. The Morgan fingerprint density at radius 2 is 2.13 bits per heavy atom. The van der Waals surface area contributed by atoms with E-state index in [0.717, 1.165) is 24.3 Å². The molecule has 1 heterocycles. The molecule has 1 aromatic heterocycles. The number of carbonyl (C=O) groups is 1. The first-order valence-corrected chi connectivity index (χ1v) is 5.30. The van der Waals surface area contributed by atoms with Crippen LogP contribution in [0.2, 0.25) is 0 Å². The van der Waals surface area contributed by atoms with Gasteiger partial charge in [-0.25, -0.2) is 0 Å². The summed E-state index contributed by atoms with van der Waals surface area (Å²) in [6, 6.07) is 1.97. The van der Waals surface area contributed by atoms with Gasteiger partial charge < -0.3 is 15.6 Å². The van der Waals surface area contributed by atoms with Gasteiger partial charge in [0.05, 0.1) is 0 Å². The number of amides is 1. The fraction of sp³-hybridized carbons (Fsp3) is 0.545. The van der Waals surface area contributed by atoms with E-state index in [1.54, 1.807) is 0 Å². The van der Waals surface area contributed by atoms with Gasteiger partial charge in [0.25, 0.3) is 5.91 Å². The van der Waals surface area contributed by atoms with E-state index in [0.29, 0.717) is 12.2 Å². The molecule has 15 heavy (non-hydrogen) atoms. The zero-order valence-corrected chi connectivity index (χ0v) is 9.61. The van der Waals surface area contributed by atoms with Crippen LogP contribution in [0.25, 0.3) is 0 Å². The van der Waals surface area contributed by atoms with Crippen LogP contribution in [-0.4, -0.2) is 30.5 Å². The molecule has 0 saturated heterocycles. The molecule has 0 aliphatic carbocycles. The highest BCUT2D eigenvalue weighted by molar-refractivity contribution is 5.93. The molecule has 0 unspecified atom stereocenters. The van der Waals surface area contributed by atoms with Crippen molar-refractivity contribution in [1.82, 2.24) is 15.6 Å². The fourth-order valence-electron chi connectivity index (χ4n) is 1.49. The summed E-state index contributed by atoms with van der Waals surface area (Å²) < 4.78 is 0. The van der Waals surface area contributed by atoms with Gasteiger partial charge in [0.2, 0.25) is 0 Å². The second-order valence-electron chi connectivity index (χ2n) is 3.62. The van der Waals surface area contributed by atoms with E-state index in [1.165, 1.54) is 0 Å². The summed E-state index contributed by atoms with van der Waals surface area (Å²) in [5, 5.41) is 6.01. The summed E-state index contributed by atoms with van der Waals surface area (Å²) >= 11 is 0. The monoisotopic (exact) mass is 209 g/mol. The second-order valence-corrected chi connectivity index (χ2v) is 3.62. The molecule has 0 bridgehead atoms. The number of aromatic nitrogens is 1. The topological polar surface area (TPSA) is 56.9 Å².